The van der Waals surface area contributed by atoms with Crippen LogP contribution in [0, 0.1) is 0 Å². The zero-order valence-electron chi connectivity index (χ0n) is 53.1. The van der Waals surface area contributed by atoms with Crippen LogP contribution in [0.4, 0.5) is 0 Å². The van der Waals surface area contributed by atoms with Gasteiger partial charge in [-0.15, -0.1) is 0 Å². The van der Waals surface area contributed by atoms with E-state index in [9.17, 15) is 19.8 Å². The lowest BCUT2D eigenvalue weighted by Crippen LogP contribution is -2.45. The molecule has 1 amide bonds. The molecular formula is C73H137NO5. The fourth-order valence-electron chi connectivity index (χ4n) is 10.9. The third-order valence-corrected chi connectivity index (χ3v) is 16.3. The number of rotatable bonds is 66. The molecule has 0 saturated heterocycles. The van der Waals surface area contributed by atoms with Gasteiger partial charge in [-0.05, 0) is 89.9 Å². The monoisotopic (exact) mass is 1110 g/mol. The summed E-state index contributed by atoms with van der Waals surface area (Å²) < 4.78 is 5.47. The Bertz CT molecular complexity index is 1320. The highest BCUT2D eigenvalue weighted by atomic mass is 16.5. The van der Waals surface area contributed by atoms with Crippen molar-refractivity contribution in [3.8, 4) is 0 Å². The molecule has 0 aromatic carbocycles. The molecule has 0 spiro atoms. The number of carbonyl (C=O) groups excluding carboxylic acids is 2. The number of nitrogens with one attached hydrogen (secondary N) is 1. The van der Waals surface area contributed by atoms with E-state index in [-0.39, 0.29) is 18.5 Å². The van der Waals surface area contributed by atoms with Crippen LogP contribution >= 0.6 is 0 Å². The second kappa shape index (κ2) is 68.3. The second-order valence-corrected chi connectivity index (χ2v) is 24.2. The number of aliphatic hydroxyl groups excluding tert-OH is 2. The number of carbonyl (C=O) groups is 2. The summed E-state index contributed by atoms with van der Waals surface area (Å²) in [4.78, 5) is 24.6. The van der Waals surface area contributed by atoms with Gasteiger partial charge < -0.3 is 20.3 Å². The first kappa shape index (κ1) is 76.8. The Balaban J connectivity index is 3.45. The first-order valence-corrected chi connectivity index (χ1v) is 35.4. The zero-order valence-corrected chi connectivity index (χ0v) is 53.1. The molecule has 2 atom stereocenters. The average molecular weight is 1110 g/mol. The fourth-order valence-corrected chi connectivity index (χ4v) is 10.9. The van der Waals surface area contributed by atoms with E-state index < -0.39 is 12.1 Å². The van der Waals surface area contributed by atoms with E-state index in [1.54, 1.807) is 6.08 Å². The highest BCUT2D eigenvalue weighted by Gasteiger charge is 2.18. The summed E-state index contributed by atoms with van der Waals surface area (Å²) in [6.07, 6.45) is 89.0. The van der Waals surface area contributed by atoms with E-state index in [2.05, 4.69) is 55.6 Å². The SMILES string of the molecule is CCCCCC/C=C\CCCCCCCC(=O)OCCCCCCCCCCC/C=C\C/C=C\CCCCCCCCCCCCCC(=O)NC(CO)C(O)/C=C/CCCCCCCCCCCCCCCCCCCCCC. The van der Waals surface area contributed by atoms with Gasteiger partial charge in [0.15, 0.2) is 0 Å². The average Bonchev–Trinajstić information content (AvgIpc) is 3.45. The molecule has 464 valence electrons. The summed E-state index contributed by atoms with van der Waals surface area (Å²) in [5.41, 5.74) is 0. The van der Waals surface area contributed by atoms with Crippen molar-refractivity contribution in [3.05, 3.63) is 48.6 Å². The first-order valence-electron chi connectivity index (χ1n) is 35.4. The predicted molar refractivity (Wildman–Crippen MR) is 347 cm³/mol. The molecule has 6 heteroatoms. The number of ether oxygens (including phenoxy) is 1. The highest BCUT2D eigenvalue weighted by Crippen LogP contribution is 2.18. The number of aliphatic hydroxyl groups is 2. The fraction of sp³-hybridized carbons (Fsp3) is 0.863. The summed E-state index contributed by atoms with van der Waals surface area (Å²) >= 11 is 0. The Labute approximate surface area is 493 Å². The molecule has 0 aliphatic heterocycles. The van der Waals surface area contributed by atoms with Gasteiger partial charge in [0.1, 0.15) is 0 Å². The number of unbranched alkanes of at least 4 members (excludes halogenated alkanes) is 49. The third kappa shape index (κ3) is 64.8. The van der Waals surface area contributed by atoms with Crippen LogP contribution in [0.25, 0.3) is 0 Å². The van der Waals surface area contributed by atoms with E-state index in [0.717, 1.165) is 51.4 Å². The van der Waals surface area contributed by atoms with Crippen molar-refractivity contribution in [3.63, 3.8) is 0 Å². The molecule has 0 aliphatic carbocycles. The maximum Gasteiger partial charge on any atom is 0.305 e. The first-order chi connectivity index (χ1) is 39.0. The molecule has 0 aromatic rings. The van der Waals surface area contributed by atoms with Crippen molar-refractivity contribution in [2.24, 2.45) is 0 Å². The van der Waals surface area contributed by atoms with Gasteiger partial charge in [-0.1, -0.05) is 326 Å². The molecule has 2 unspecified atom stereocenters. The van der Waals surface area contributed by atoms with Crippen molar-refractivity contribution in [1.29, 1.82) is 0 Å². The van der Waals surface area contributed by atoms with Gasteiger partial charge in [-0.3, -0.25) is 9.59 Å². The Morgan fingerprint density at radius 1 is 0.354 bits per heavy atom. The lowest BCUT2D eigenvalue weighted by atomic mass is 10.0. The number of allylic oxidation sites excluding steroid dienone is 7. The normalized spacial score (nSPS) is 12.8. The Morgan fingerprint density at radius 2 is 0.633 bits per heavy atom. The topological polar surface area (TPSA) is 95.9 Å². The van der Waals surface area contributed by atoms with E-state index in [0.29, 0.717) is 19.4 Å². The minimum Gasteiger partial charge on any atom is -0.466 e. The van der Waals surface area contributed by atoms with E-state index in [1.807, 2.05) is 6.08 Å². The summed E-state index contributed by atoms with van der Waals surface area (Å²) in [6, 6.07) is -0.632. The summed E-state index contributed by atoms with van der Waals surface area (Å²) in [5, 5.41) is 23.3. The molecule has 0 saturated carbocycles. The summed E-state index contributed by atoms with van der Waals surface area (Å²) in [7, 11) is 0. The minimum absolute atomic E-state index is 0.00110. The van der Waals surface area contributed by atoms with Gasteiger partial charge in [0.05, 0.1) is 25.4 Å². The quantitative estimate of drug-likeness (QED) is 0.0320. The third-order valence-electron chi connectivity index (χ3n) is 16.3. The zero-order chi connectivity index (χ0) is 57.1. The van der Waals surface area contributed by atoms with Crippen LogP contribution < -0.4 is 5.32 Å². The van der Waals surface area contributed by atoms with Crippen LogP contribution in [0.5, 0.6) is 0 Å². The molecule has 0 rings (SSSR count). The van der Waals surface area contributed by atoms with E-state index >= 15 is 0 Å². The maximum atomic E-state index is 12.5. The van der Waals surface area contributed by atoms with Crippen LogP contribution in [-0.2, 0) is 14.3 Å². The van der Waals surface area contributed by atoms with Gasteiger partial charge >= 0.3 is 5.97 Å². The second-order valence-electron chi connectivity index (χ2n) is 24.2. The van der Waals surface area contributed by atoms with Crippen LogP contribution in [-0.4, -0.2) is 47.4 Å². The van der Waals surface area contributed by atoms with Gasteiger partial charge in [0.25, 0.3) is 0 Å². The van der Waals surface area contributed by atoms with Gasteiger partial charge in [0, 0.05) is 12.8 Å². The van der Waals surface area contributed by atoms with E-state index in [4.69, 9.17) is 4.74 Å². The molecule has 0 aliphatic rings. The molecule has 0 bridgehead atoms. The Hall–Kier alpha value is -2.18. The molecule has 3 N–H and O–H groups in total. The van der Waals surface area contributed by atoms with Gasteiger partial charge in [-0.25, -0.2) is 0 Å². The van der Waals surface area contributed by atoms with Gasteiger partial charge in [0.2, 0.25) is 5.91 Å². The number of hydrogen-bond donors (Lipinski definition) is 3. The molecule has 6 nitrogen and oxygen atoms in total. The predicted octanol–water partition coefficient (Wildman–Crippen LogP) is 22.9. The van der Waals surface area contributed by atoms with Crippen molar-refractivity contribution >= 4 is 11.9 Å². The van der Waals surface area contributed by atoms with Crippen LogP contribution in [0.15, 0.2) is 48.6 Å². The molecular weight excluding hydrogens is 971 g/mol. The smallest absolute Gasteiger partial charge is 0.305 e. The Morgan fingerprint density at radius 3 is 0.987 bits per heavy atom. The van der Waals surface area contributed by atoms with Crippen molar-refractivity contribution < 1.29 is 24.5 Å². The summed E-state index contributed by atoms with van der Waals surface area (Å²) in [6.45, 7) is 4.91. The van der Waals surface area contributed by atoms with E-state index in [1.165, 1.54) is 302 Å². The lowest BCUT2D eigenvalue weighted by molar-refractivity contribution is -0.143. The molecule has 79 heavy (non-hydrogen) atoms. The van der Waals surface area contributed by atoms with Gasteiger partial charge in [-0.2, -0.15) is 0 Å². The van der Waals surface area contributed by atoms with Crippen molar-refractivity contribution in [2.75, 3.05) is 13.2 Å². The lowest BCUT2D eigenvalue weighted by Gasteiger charge is -2.20. The number of hydrogen-bond acceptors (Lipinski definition) is 5. The number of esters is 1. The van der Waals surface area contributed by atoms with Crippen molar-refractivity contribution in [1.82, 2.24) is 5.32 Å². The maximum absolute atomic E-state index is 12.5. The van der Waals surface area contributed by atoms with Crippen molar-refractivity contribution in [2.45, 2.75) is 392 Å². The molecule has 0 fully saturated rings. The minimum atomic E-state index is -0.849. The molecule has 0 heterocycles. The number of amides is 1. The van der Waals surface area contributed by atoms with Crippen LogP contribution in [0.3, 0.4) is 0 Å². The van der Waals surface area contributed by atoms with Crippen LogP contribution in [0.2, 0.25) is 0 Å². The molecule has 0 radical (unpaired) electrons. The Kier molecular flexibility index (Phi) is 66.4. The summed E-state index contributed by atoms with van der Waals surface area (Å²) in [5.74, 6) is -0.0669. The highest BCUT2D eigenvalue weighted by molar-refractivity contribution is 5.76. The largest absolute Gasteiger partial charge is 0.466 e. The van der Waals surface area contributed by atoms with Crippen LogP contribution in [0.1, 0.15) is 380 Å². The standard InChI is InChI=1S/C73H137NO5/c1-3-5-7-9-11-13-15-17-18-19-20-21-29-32-35-38-42-45-49-53-57-61-65-71(76)70(69-75)74-72(77)66-62-58-54-50-46-43-39-36-33-30-27-25-23-22-24-26-28-31-34-37-40-44-48-52-56-60-64-68-79-73(78)67-63-59-55-51-47-41-16-14-12-10-8-6-4-2/h14,16,22-23,26,28,61,65,70-71,75-76H,3-13,15,17-21,24-25,27,29-60,62-64,66-69H2,1-2H3,(H,74,77)/b16-14-,23-22-,28-26-,65-61+. The molecule has 0 aromatic heterocycles.